The molecule has 44 heavy (non-hydrogen) atoms. The predicted octanol–water partition coefficient (Wildman–Crippen LogP) is 5.18. The Morgan fingerprint density at radius 2 is 1.45 bits per heavy atom. The molecule has 0 bridgehead atoms. The zero-order chi connectivity index (χ0) is 32.9. The lowest BCUT2D eigenvalue weighted by molar-refractivity contribution is -0.209. The summed E-state index contributed by atoms with van der Waals surface area (Å²) in [6, 6.07) is 0. The molecule has 0 aliphatic heterocycles. The van der Waals surface area contributed by atoms with Crippen LogP contribution in [0.4, 0.5) is 0 Å². The SMILES string of the molecule is CC1=C[C@H]2[C@@]3(O)[C@H](C)[C@@H](O)[C@]4(O)[C@H]([C@@H]3C=C(CO)C[C@]2(O)C1=O)C4(C)C.CCCCCCCCCCCCCCOC(C)=O. The highest BCUT2D eigenvalue weighted by Crippen LogP contribution is 2.74. The molecular weight excluding hydrogens is 560 g/mol. The Bertz CT molecular complexity index is 1060. The van der Waals surface area contributed by atoms with E-state index in [0.717, 1.165) is 6.42 Å². The summed E-state index contributed by atoms with van der Waals surface area (Å²) in [7, 11) is 0. The Hall–Kier alpha value is -1.58. The second-order valence-electron chi connectivity index (χ2n) is 14.6. The number of hydrogen-bond donors (Lipinski definition) is 5. The zero-order valence-corrected chi connectivity index (χ0v) is 28.1. The molecule has 8 atom stereocenters. The summed E-state index contributed by atoms with van der Waals surface area (Å²) in [4.78, 5) is 23.2. The van der Waals surface area contributed by atoms with E-state index in [9.17, 15) is 35.1 Å². The van der Waals surface area contributed by atoms with Gasteiger partial charge in [-0.05, 0) is 24.5 Å². The van der Waals surface area contributed by atoms with Crippen molar-refractivity contribution in [2.45, 2.75) is 148 Å². The van der Waals surface area contributed by atoms with Crippen molar-refractivity contribution < 1.29 is 39.9 Å². The van der Waals surface area contributed by atoms with E-state index >= 15 is 0 Å². The molecule has 0 heterocycles. The number of aliphatic hydroxyl groups excluding tert-OH is 2. The van der Waals surface area contributed by atoms with Crippen molar-refractivity contribution in [3.63, 3.8) is 0 Å². The summed E-state index contributed by atoms with van der Waals surface area (Å²) < 4.78 is 4.89. The minimum absolute atomic E-state index is 0.0615. The molecule has 4 aliphatic rings. The van der Waals surface area contributed by atoms with Crippen molar-refractivity contribution in [3.05, 3.63) is 23.3 Å². The minimum Gasteiger partial charge on any atom is -0.466 e. The number of rotatable bonds is 14. The second-order valence-corrected chi connectivity index (χ2v) is 14.6. The van der Waals surface area contributed by atoms with Crippen LogP contribution >= 0.6 is 0 Å². The van der Waals surface area contributed by atoms with Crippen LogP contribution in [-0.4, -0.2) is 73.4 Å². The molecule has 8 heteroatoms. The quantitative estimate of drug-likeness (QED) is 0.102. The smallest absolute Gasteiger partial charge is 0.302 e. The maximum atomic E-state index is 12.7. The Labute approximate surface area is 265 Å². The number of fused-ring (bicyclic) bond motifs is 5. The molecule has 8 nitrogen and oxygen atoms in total. The Morgan fingerprint density at radius 1 is 0.932 bits per heavy atom. The molecule has 252 valence electrons. The van der Waals surface area contributed by atoms with Crippen LogP contribution in [0, 0.1) is 29.1 Å². The van der Waals surface area contributed by atoms with E-state index in [-0.39, 0.29) is 19.0 Å². The third-order valence-electron chi connectivity index (χ3n) is 11.3. The lowest BCUT2D eigenvalue weighted by Crippen LogP contribution is -2.65. The van der Waals surface area contributed by atoms with Crippen LogP contribution in [0.2, 0.25) is 0 Å². The molecule has 0 unspecified atom stereocenters. The molecule has 0 spiro atoms. The summed E-state index contributed by atoms with van der Waals surface area (Å²) in [6.45, 7) is 11.0. The van der Waals surface area contributed by atoms with E-state index in [4.69, 9.17) is 4.74 Å². The molecule has 0 radical (unpaired) electrons. The Morgan fingerprint density at radius 3 is 1.95 bits per heavy atom. The van der Waals surface area contributed by atoms with Crippen LogP contribution in [0.5, 0.6) is 0 Å². The van der Waals surface area contributed by atoms with E-state index in [0.29, 0.717) is 17.8 Å². The van der Waals surface area contributed by atoms with Crippen molar-refractivity contribution >= 4 is 11.8 Å². The molecule has 4 aliphatic carbocycles. The summed E-state index contributed by atoms with van der Waals surface area (Å²) >= 11 is 0. The Balaban J connectivity index is 0.000000260. The van der Waals surface area contributed by atoms with Gasteiger partial charge in [0.25, 0.3) is 0 Å². The fourth-order valence-electron chi connectivity index (χ4n) is 8.61. The first-order chi connectivity index (χ1) is 20.6. The van der Waals surface area contributed by atoms with E-state index in [1.807, 2.05) is 13.8 Å². The van der Waals surface area contributed by atoms with Crippen molar-refractivity contribution in [3.8, 4) is 0 Å². The van der Waals surface area contributed by atoms with Crippen molar-refractivity contribution in [2.75, 3.05) is 13.2 Å². The lowest BCUT2D eigenvalue weighted by Gasteiger charge is -2.51. The molecular formula is C36H60O8. The molecule has 4 rings (SSSR count). The second kappa shape index (κ2) is 14.9. The lowest BCUT2D eigenvalue weighted by atomic mass is 9.59. The van der Waals surface area contributed by atoms with Gasteiger partial charge in [0.15, 0.2) is 5.78 Å². The maximum Gasteiger partial charge on any atom is 0.302 e. The van der Waals surface area contributed by atoms with Crippen LogP contribution < -0.4 is 0 Å². The largest absolute Gasteiger partial charge is 0.466 e. The molecule has 2 saturated carbocycles. The topological polar surface area (TPSA) is 145 Å². The highest BCUT2D eigenvalue weighted by Gasteiger charge is 2.84. The third-order valence-corrected chi connectivity index (χ3v) is 11.3. The van der Waals surface area contributed by atoms with E-state index < -0.39 is 57.8 Å². The zero-order valence-electron chi connectivity index (χ0n) is 28.1. The normalized spacial score (nSPS) is 36.5. The molecule has 0 aromatic rings. The molecule has 0 aromatic heterocycles. The summed E-state index contributed by atoms with van der Waals surface area (Å²) in [5.74, 6) is -3.29. The fourth-order valence-corrected chi connectivity index (χ4v) is 8.61. The summed E-state index contributed by atoms with van der Waals surface area (Å²) in [6.07, 6.45) is 18.1. The van der Waals surface area contributed by atoms with Gasteiger partial charge in [0.2, 0.25) is 0 Å². The van der Waals surface area contributed by atoms with Gasteiger partial charge >= 0.3 is 5.97 Å². The monoisotopic (exact) mass is 620 g/mol. The molecule has 0 aromatic carbocycles. The number of unbranched alkanes of at least 4 members (excludes halogenated alkanes) is 11. The van der Waals surface area contributed by atoms with Gasteiger partial charge in [0, 0.05) is 42.4 Å². The van der Waals surface area contributed by atoms with Gasteiger partial charge in [0.1, 0.15) is 11.2 Å². The van der Waals surface area contributed by atoms with Crippen molar-refractivity contribution in [2.24, 2.45) is 29.1 Å². The number of hydrogen-bond acceptors (Lipinski definition) is 8. The van der Waals surface area contributed by atoms with Crippen LogP contribution in [0.3, 0.4) is 0 Å². The molecule has 0 saturated heterocycles. The van der Waals surface area contributed by atoms with Crippen LogP contribution in [-0.2, 0) is 14.3 Å². The Kier molecular flexibility index (Phi) is 12.5. The van der Waals surface area contributed by atoms with Gasteiger partial charge < -0.3 is 30.3 Å². The standard InChI is InChI=1S/C20H28O6.C16H32O2/c1-9-5-13-18(24,15(9)22)7-11(8-21)6-12-14-17(3,4)20(14,26)16(23)10(2)19(12,13)25;1-3-4-5-6-7-8-9-10-11-12-13-14-15-18-16(2)17/h5-6,10,12-14,16,21,23-26H,7-8H2,1-4H3;3-15H2,1-2H3/t10-,12+,13-,14-,16-,18-,19-,20-;/m1./s1. The molecule has 2 fully saturated rings. The molecule has 0 amide bonds. The highest BCUT2D eigenvalue weighted by molar-refractivity contribution is 6.04. The van der Waals surface area contributed by atoms with Gasteiger partial charge in [-0.2, -0.15) is 0 Å². The number of esters is 1. The number of aliphatic hydroxyl groups is 5. The van der Waals surface area contributed by atoms with E-state index in [1.165, 1.54) is 77.6 Å². The predicted molar refractivity (Wildman–Crippen MR) is 171 cm³/mol. The maximum absolute atomic E-state index is 12.7. The van der Waals surface area contributed by atoms with Crippen LogP contribution in [0.1, 0.15) is 125 Å². The fraction of sp³-hybridized carbons (Fsp3) is 0.833. The van der Waals surface area contributed by atoms with Gasteiger partial charge in [-0.1, -0.05) is 110 Å². The number of ether oxygens (including phenoxy) is 1. The molecule has 5 N–H and O–H groups in total. The minimum atomic E-state index is -1.84. The van der Waals surface area contributed by atoms with Crippen molar-refractivity contribution in [1.82, 2.24) is 0 Å². The van der Waals surface area contributed by atoms with Gasteiger partial charge in [-0.15, -0.1) is 0 Å². The number of ketones is 1. The number of Topliss-reactive ketones (excluding diaryl/α,β-unsaturated/α-hetero) is 1. The van der Waals surface area contributed by atoms with Gasteiger partial charge in [0.05, 0.1) is 24.9 Å². The first kappa shape index (κ1) is 36.9. The van der Waals surface area contributed by atoms with Crippen LogP contribution in [0.15, 0.2) is 23.3 Å². The number of carbonyl (C=O) groups is 2. The third kappa shape index (κ3) is 6.90. The van der Waals surface area contributed by atoms with E-state index in [2.05, 4.69) is 6.92 Å². The highest BCUT2D eigenvalue weighted by atomic mass is 16.5. The van der Waals surface area contributed by atoms with Gasteiger partial charge in [-0.3, -0.25) is 9.59 Å². The van der Waals surface area contributed by atoms with Crippen molar-refractivity contribution in [1.29, 1.82) is 0 Å². The average Bonchev–Trinajstić information content (AvgIpc) is 3.37. The first-order valence-electron chi connectivity index (χ1n) is 17.2. The van der Waals surface area contributed by atoms with E-state index in [1.54, 1.807) is 26.0 Å². The van der Waals surface area contributed by atoms with Gasteiger partial charge in [-0.25, -0.2) is 0 Å². The average molecular weight is 621 g/mol. The summed E-state index contributed by atoms with van der Waals surface area (Å²) in [5.41, 5.74) is -4.57. The summed E-state index contributed by atoms with van der Waals surface area (Å²) in [5, 5.41) is 54.9. The number of carbonyl (C=O) groups excluding carboxylic acids is 2. The van der Waals surface area contributed by atoms with Crippen LogP contribution in [0.25, 0.3) is 0 Å². The first-order valence-corrected chi connectivity index (χ1v) is 17.2.